The van der Waals surface area contributed by atoms with Crippen molar-refractivity contribution in [2.24, 2.45) is 0 Å². The second-order valence-corrected chi connectivity index (χ2v) is 7.01. The number of fused-ring (bicyclic) bond motifs is 5. The lowest BCUT2D eigenvalue weighted by molar-refractivity contribution is 1.72. The molecule has 0 amide bonds. The highest BCUT2D eigenvalue weighted by molar-refractivity contribution is 6.15. The third kappa shape index (κ3) is 2.71. The Morgan fingerprint density at radius 2 is 1.15 bits per heavy atom. The predicted octanol–water partition coefficient (Wildman–Crippen LogP) is 7.89. The van der Waals surface area contributed by atoms with Crippen molar-refractivity contribution >= 4 is 49.2 Å². The second-order valence-electron chi connectivity index (χ2n) is 7.01. The summed E-state index contributed by atoms with van der Waals surface area (Å²) in [6.45, 7) is 2.04. The molecular weight excluding hydrogens is 324 g/mol. The van der Waals surface area contributed by atoms with E-state index in [1.165, 1.54) is 48.7 Å². The maximum Gasteiger partial charge on any atom is -0.00986 e. The minimum Gasteiger partial charge on any atom is -0.0877 e. The molecule has 0 N–H and O–H groups in total. The fourth-order valence-corrected chi connectivity index (χ4v) is 3.96. The first-order valence-electron chi connectivity index (χ1n) is 9.41. The molecule has 0 unspecified atom stereocenters. The predicted molar refractivity (Wildman–Crippen MR) is 120 cm³/mol. The zero-order valence-electron chi connectivity index (χ0n) is 15.3. The smallest absolute Gasteiger partial charge is 0.00986 e. The van der Waals surface area contributed by atoms with Gasteiger partial charge in [0.15, 0.2) is 0 Å². The van der Waals surface area contributed by atoms with E-state index < -0.39 is 0 Å². The van der Waals surface area contributed by atoms with E-state index in [9.17, 15) is 0 Å². The van der Waals surface area contributed by atoms with E-state index in [1.54, 1.807) is 0 Å². The Balaban J connectivity index is 1.86. The summed E-state index contributed by atoms with van der Waals surface area (Å²) < 4.78 is 0. The highest BCUT2D eigenvalue weighted by Gasteiger charge is 2.06. The Kier molecular flexibility index (Phi) is 3.76. The molecule has 0 nitrogen and oxygen atoms in total. The molecule has 0 bridgehead atoms. The first-order valence-corrected chi connectivity index (χ1v) is 9.41. The third-order valence-corrected chi connectivity index (χ3v) is 5.31. The van der Waals surface area contributed by atoms with Crippen LogP contribution in [0.3, 0.4) is 0 Å². The van der Waals surface area contributed by atoms with E-state index >= 15 is 0 Å². The first kappa shape index (κ1) is 15.8. The second kappa shape index (κ2) is 6.41. The van der Waals surface area contributed by atoms with E-state index in [0.29, 0.717) is 0 Å². The van der Waals surface area contributed by atoms with Gasteiger partial charge in [0.25, 0.3) is 0 Å². The van der Waals surface area contributed by atoms with Gasteiger partial charge in [-0.1, -0.05) is 78.9 Å². The molecule has 0 aromatic heterocycles. The molecule has 5 aromatic carbocycles. The summed E-state index contributed by atoms with van der Waals surface area (Å²) in [5.74, 6) is 0. The van der Waals surface area contributed by atoms with Gasteiger partial charge in [0, 0.05) is 0 Å². The van der Waals surface area contributed by atoms with Crippen LogP contribution < -0.4 is 0 Å². The third-order valence-electron chi connectivity index (χ3n) is 5.31. The van der Waals surface area contributed by atoms with Gasteiger partial charge in [-0.3, -0.25) is 0 Å². The summed E-state index contributed by atoms with van der Waals surface area (Å²) in [6, 6.07) is 28.9. The van der Waals surface area contributed by atoms with Crippen molar-refractivity contribution in [3.63, 3.8) is 0 Å². The van der Waals surface area contributed by atoms with Crippen LogP contribution in [0.2, 0.25) is 0 Å². The number of allylic oxidation sites excluding steroid dienone is 3. The molecule has 27 heavy (non-hydrogen) atoms. The molecule has 0 radical (unpaired) electrons. The van der Waals surface area contributed by atoms with Gasteiger partial charge in [-0.15, -0.1) is 0 Å². The number of rotatable bonds is 2. The highest BCUT2D eigenvalue weighted by atomic mass is 14.1. The van der Waals surface area contributed by atoms with Gasteiger partial charge in [-0.25, -0.2) is 0 Å². The lowest BCUT2D eigenvalue weighted by Crippen LogP contribution is -1.83. The van der Waals surface area contributed by atoms with Crippen LogP contribution in [0, 0.1) is 0 Å². The van der Waals surface area contributed by atoms with Gasteiger partial charge in [0.2, 0.25) is 0 Å². The van der Waals surface area contributed by atoms with Crippen molar-refractivity contribution in [2.45, 2.75) is 6.92 Å². The molecule has 5 rings (SSSR count). The summed E-state index contributed by atoms with van der Waals surface area (Å²) in [4.78, 5) is 0. The molecule has 0 heterocycles. The summed E-state index contributed by atoms with van der Waals surface area (Å²) in [5, 5.41) is 10.4. The van der Waals surface area contributed by atoms with Crippen LogP contribution in [0.4, 0.5) is 0 Å². The van der Waals surface area contributed by atoms with Crippen LogP contribution in [0.25, 0.3) is 49.2 Å². The minimum atomic E-state index is 1.25. The lowest BCUT2D eigenvalue weighted by Gasteiger charge is -2.10. The van der Waals surface area contributed by atoms with Crippen molar-refractivity contribution < 1.29 is 0 Å². The van der Waals surface area contributed by atoms with E-state index in [4.69, 9.17) is 0 Å². The molecule has 0 fully saturated rings. The number of benzene rings is 5. The van der Waals surface area contributed by atoms with Gasteiger partial charge >= 0.3 is 0 Å². The van der Waals surface area contributed by atoms with Crippen molar-refractivity contribution in [2.75, 3.05) is 0 Å². The molecule has 5 aromatic rings. The topological polar surface area (TPSA) is 0 Å². The Bertz CT molecular complexity index is 1370. The fraction of sp³-hybridized carbons (Fsp3) is 0.0370. The molecular formula is C27H20. The quantitative estimate of drug-likeness (QED) is 0.173. The zero-order valence-corrected chi connectivity index (χ0v) is 15.3. The van der Waals surface area contributed by atoms with Gasteiger partial charge in [0.1, 0.15) is 0 Å². The maximum atomic E-state index is 2.36. The molecule has 0 saturated heterocycles. The number of hydrogen-bond donors (Lipinski definition) is 0. The largest absolute Gasteiger partial charge is 0.0877 e. The molecule has 0 aliphatic heterocycles. The van der Waals surface area contributed by atoms with Gasteiger partial charge in [-0.05, 0) is 79.8 Å². The average molecular weight is 344 g/mol. The maximum absolute atomic E-state index is 2.36. The van der Waals surface area contributed by atoms with E-state index in [1.807, 2.05) is 6.92 Å². The average Bonchev–Trinajstić information content (AvgIpc) is 2.71. The molecule has 0 atom stereocenters. The van der Waals surface area contributed by atoms with Gasteiger partial charge in [-0.2, -0.15) is 0 Å². The highest BCUT2D eigenvalue weighted by Crippen LogP contribution is 2.33. The number of hydrogen-bond acceptors (Lipinski definition) is 0. The molecule has 0 aliphatic carbocycles. The Hall–Kier alpha value is -3.38. The first-order chi connectivity index (χ1) is 13.3. The van der Waals surface area contributed by atoms with Crippen LogP contribution in [-0.4, -0.2) is 0 Å². The van der Waals surface area contributed by atoms with E-state index in [-0.39, 0.29) is 0 Å². The van der Waals surface area contributed by atoms with Crippen molar-refractivity contribution in [3.8, 4) is 0 Å². The summed E-state index contributed by atoms with van der Waals surface area (Å²) >= 11 is 0. The Morgan fingerprint density at radius 3 is 1.93 bits per heavy atom. The summed E-state index contributed by atoms with van der Waals surface area (Å²) in [6.07, 6.45) is 8.42. The monoisotopic (exact) mass is 344 g/mol. The van der Waals surface area contributed by atoms with Crippen molar-refractivity contribution in [1.29, 1.82) is 0 Å². The fourth-order valence-electron chi connectivity index (χ4n) is 3.96. The molecule has 0 spiro atoms. The molecule has 0 heteroatoms. The van der Waals surface area contributed by atoms with E-state index in [2.05, 4.69) is 103 Å². The van der Waals surface area contributed by atoms with Crippen molar-refractivity contribution in [3.05, 3.63) is 103 Å². The lowest BCUT2D eigenvalue weighted by atomic mass is 9.94. The Labute approximate surface area is 159 Å². The van der Waals surface area contributed by atoms with Gasteiger partial charge in [0.05, 0.1) is 0 Å². The van der Waals surface area contributed by atoms with Crippen LogP contribution in [0.1, 0.15) is 12.5 Å². The summed E-state index contributed by atoms with van der Waals surface area (Å²) in [5.41, 5.74) is 1.25. The van der Waals surface area contributed by atoms with Crippen molar-refractivity contribution in [1.82, 2.24) is 0 Å². The summed E-state index contributed by atoms with van der Waals surface area (Å²) in [7, 11) is 0. The van der Waals surface area contributed by atoms with Crippen LogP contribution in [0.5, 0.6) is 0 Å². The normalized spacial score (nSPS) is 12.3. The zero-order chi connectivity index (χ0) is 18.2. The molecule has 0 saturated carbocycles. The molecule has 128 valence electrons. The van der Waals surface area contributed by atoms with Gasteiger partial charge < -0.3 is 0 Å². The standard InChI is InChI=1S/C27H20/c1-2-3-4-8-19-11-7-12-22-16-24-14-13-23-15-20-9-5-6-10-21(20)17-26(23)27(24)18-25(19)22/h2-18H,1H3. The Morgan fingerprint density at radius 1 is 0.519 bits per heavy atom. The van der Waals surface area contributed by atoms with E-state index in [0.717, 1.165) is 0 Å². The van der Waals surface area contributed by atoms with Crippen LogP contribution in [0.15, 0.2) is 97.1 Å². The SMILES string of the molecule is CC=CC=Cc1cccc2cc3ccc4cc5ccccc5cc4c3cc12. The van der Waals surface area contributed by atoms with Crippen LogP contribution >= 0.6 is 0 Å². The minimum absolute atomic E-state index is 1.25. The van der Waals surface area contributed by atoms with Crippen LogP contribution in [-0.2, 0) is 0 Å². The molecule has 0 aliphatic rings.